The summed E-state index contributed by atoms with van der Waals surface area (Å²) in [5.41, 5.74) is -1.94. The summed E-state index contributed by atoms with van der Waals surface area (Å²) in [7, 11) is -3.85. The number of fused-ring (bicyclic) bond motifs is 1. The van der Waals surface area contributed by atoms with Crippen molar-refractivity contribution in [3.05, 3.63) is 32.9 Å². The largest absolute Gasteiger partial charge is 0.570 e. The molecule has 2 aliphatic heterocycles. The van der Waals surface area contributed by atoms with Crippen molar-refractivity contribution in [2.24, 2.45) is 0 Å². The second-order valence-electron chi connectivity index (χ2n) is 4.44. The van der Waals surface area contributed by atoms with Crippen LogP contribution in [0.3, 0.4) is 0 Å². The van der Waals surface area contributed by atoms with Crippen LogP contribution in [-0.4, -0.2) is 38.2 Å². The highest BCUT2D eigenvalue weighted by molar-refractivity contribution is 7.54. The Hall–Kier alpha value is -1.16. The second kappa shape index (κ2) is 4.69. The van der Waals surface area contributed by atoms with Crippen LogP contribution in [0.25, 0.3) is 0 Å². The van der Waals surface area contributed by atoms with E-state index in [0.717, 1.165) is 10.8 Å². The van der Waals surface area contributed by atoms with E-state index in [-0.39, 0.29) is 13.0 Å². The van der Waals surface area contributed by atoms with E-state index in [1.807, 2.05) is 4.98 Å². The molecular formula is C9H11FN2O7P+. The number of nitrogens with zero attached hydrogens (tertiary/aromatic N) is 1. The lowest BCUT2D eigenvalue weighted by Gasteiger charge is -2.23. The van der Waals surface area contributed by atoms with Crippen LogP contribution in [0.15, 0.2) is 15.8 Å². The van der Waals surface area contributed by atoms with E-state index in [4.69, 9.17) is 13.8 Å². The number of nitrogens with one attached hydrogen (secondary N) is 1. The van der Waals surface area contributed by atoms with Gasteiger partial charge in [0.05, 0.1) is 6.20 Å². The molecule has 110 valence electrons. The highest BCUT2D eigenvalue weighted by Crippen LogP contribution is 2.58. The number of halogens is 1. The predicted molar refractivity (Wildman–Crippen MR) is 62.0 cm³/mol. The minimum atomic E-state index is -3.85. The molecule has 0 aromatic carbocycles. The Morgan fingerprint density at radius 1 is 1.40 bits per heavy atom. The van der Waals surface area contributed by atoms with Crippen molar-refractivity contribution in [1.29, 1.82) is 0 Å². The maximum absolute atomic E-state index is 13.2. The Morgan fingerprint density at radius 3 is 2.90 bits per heavy atom. The standard InChI is InChI=1S/C9H10FN2O7P/c10-4-2-12(9(14)11-8(4)13)7-1-5-6(18-7)3-17-20(15,16)19-5/h2,5-7,15-16H,1,3H2/p+1/t5-,6+,7+/m0/s1. The van der Waals surface area contributed by atoms with Crippen LogP contribution in [0.2, 0.25) is 0 Å². The van der Waals surface area contributed by atoms with Gasteiger partial charge >= 0.3 is 13.9 Å². The summed E-state index contributed by atoms with van der Waals surface area (Å²) >= 11 is 0. The molecule has 0 aliphatic carbocycles. The van der Waals surface area contributed by atoms with Crippen molar-refractivity contribution in [2.75, 3.05) is 6.61 Å². The van der Waals surface area contributed by atoms with E-state index < -0.39 is 43.7 Å². The Balaban J connectivity index is 1.86. The summed E-state index contributed by atoms with van der Waals surface area (Å²) in [5.74, 6) is -1.12. The zero-order chi connectivity index (χ0) is 14.5. The SMILES string of the molecule is O=c1[nH]c(=O)n([C@H]2C[C@@H]3O[P+](O)(O)OC[C@H]3O2)cc1F. The molecule has 0 amide bonds. The van der Waals surface area contributed by atoms with Crippen molar-refractivity contribution in [2.45, 2.75) is 24.9 Å². The predicted octanol–water partition coefficient (Wildman–Crippen LogP) is -0.959. The minimum Gasteiger partial charge on any atom is -0.349 e. The molecular weight excluding hydrogens is 298 g/mol. The molecule has 0 bridgehead atoms. The van der Waals surface area contributed by atoms with Gasteiger partial charge in [-0.1, -0.05) is 0 Å². The molecule has 3 rings (SSSR count). The fourth-order valence-electron chi connectivity index (χ4n) is 2.18. The van der Waals surface area contributed by atoms with Gasteiger partial charge < -0.3 is 4.74 Å². The number of hydrogen-bond donors (Lipinski definition) is 3. The normalized spacial score (nSPS) is 32.0. The number of H-pyrrole nitrogens is 1. The zero-order valence-corrected chi connectivity index (χ0v) is 10.8. The third-order valence-corrected chi connectivity index (χ3v) is 4.13. The third kappa shape index (κ3) is 2.41. The van der Waals surface area contributed by atoms with Gasteiger partial charge in [0.25, 0.3) is 5.56 Å². The molecule has 20 heavy (non-hydrogen) atoms. The molecule has 0 unspecified atom stereocenters. The third-order valence-electron chi connectivity index (χ3n) is 3.09. The number of hydrogen-bond acceptors (Lipinski definition) is 7. The Labute approximate surface area is 111 Å². The molecule has 9 nitrogen and oxygen atoms in total. The van der Waals surface area contributed by atoms with Gasteiger partial charge in [0.15, 0.2) is 0 Å². The second-order valence-corrected chi connectivity index (χ2v) is 5.89. The van der Waals surface area contributed by atoms with Crippen LogP contribution < -0.4 is 11.2 Å². The van der Waals surface area contributed by atoms with Gasteiger partial charge in [0.2, 0.25) is 5.82 Å². The van der Waals surface area contributed by atoms with E-state index in [2.05, 4.69) is 0 Å². The molecule has 3 N–H and O–H groups in total. The molecule has 2 fully saturated rings. The van der Waals surface area contributed by atoms with Crippen molar-refractivity contribution in [3.63, 3.8) is 0 Å². The number of aromatic amines is 1. The molecule has 3 atom stereocenters. The highest BCUT2D eigenvalue weighted by Gasteiger charge is 2.55. The summed E-state index contributed by atoms with van der Waals surface area (Å²) in [6.45, 7) is -0.109. The average molecular weight is 309 g/mol. The first kappa shape index (κ1) is 13.8. The molecule has 2 aliphatic rings. The van der Waals surface area contributed by atoms with E-state index in [9.17, 15) is 23.8 Å². The number of rotatable bonds is 1. The first-order chi connectivity index (χ1) is 9.35. The Kier molecular flexibility index (Phi) is 3.24. The zero-order valence-electron chi connectivity index (χ0n) is 9.93. The van der Waals surface area contributed by atoms with Gasteiger partial charge in [0, 0.05) is 6.42 Å². The lowest BCUT2D eigenvalue weighted by Crippen LogP contribution is -2.35. The van der Waals surface area contributed by atoms with Crippen LogP contribution in [0.4, 0.5) is 4.39 Å². The fraction of sp³-hybridized carbons (Fsp3) is 0.556. The Morgan fingerprint density at radius 2 is 2.15 bits per heavy atom. The lowest BCUT2D eigenvalue weighted by atomic mass is 10.2. The van der Waals surface area contributed by atoms with E-state index in [1.54, 1.807) is 0 Å². The van der Waals surface area contributed by atoms with Crippen molar-refractivity contribution < 1.29 is 28.0 Å². The van der Waals surface area contributed by atoms with Crippen LogP contribution in [0, 0.1) is 5.82 Å². The monoisotopic (exact) mass is 309 g/mol. The van der Waals surface area contributed by atoms with E-state index in [1.165, 1.54) is 0 Å². The van der Waals surface area contributed by atoms with E-state index in [0.29, 0.717) is 0 Å². The molecule has 3 heterocycles. The lowest BCUT2D eigenvalue weighted by molar-refractivity contribution is -0.0765. The van der Waals surface area contributed by atoms with Gasteiger partial charge in [-0.3, -0.25) is 14.3 Å². The topological polar surface area (TPSA) is 123 Å². The minimum absolute atomic E-state index is 0.0995. The maximum atomic E-state index is 13.2. The van der Waals surface area contributed by atoms with Gasteiger partial charge in [-0.05, 0) is 0 Å². The molecule has 0 saturated carbocycles. The summed E-state index contributed by atoms with van der Waals surface area (Å²) in [5, 5.41) is 0. The molecule has 1 aromatic heterocycles. The summed E-state index contributed by atoms with van der Waals surface area (Å²) in [6, 6.07) is 0. The molecule has 0 spiro atoms. The maximum Gasteiger partial charge on any atom is 0.570 e. The van der Waals surface area contributed by atoms with Gasteiger partial charge in [-0.2, -0.15) is 18.7 Å². The van der Waals surface area contributed by atoms with E-state index >= 15 is 0 Å². The van der Waals surface area contributed by atoms with Gasteiger partial charge in [0.1, 0.15) is 25.0 Å². The molecule has 2 saturated heterocycles. The quantitative estimate of drug-likeness (QED) is 0.571. The Bertz CT molecular complexity index is 644. The fourth-order valence-corrected chi connectivity index (χ4v) is 3.16. The molecule has 1 aromatic rings. The summed E-state index contributed by atoms with van der Waals surface area (Å²) in [6.07, 6.45) is -1.33. The summed E-state index contributed by atoms with van der Waals surface area (Å²) in [4.78, 5) is 43.0. The number of ether oxygens (including phenoxy) is 1. The summed E-state index contributed by atoms with van der Waals surface area (Å²) < 4.78 is 29.2. The van der Waals surface area contributed by atoms with Crippen molar-refractivity contribution in [1.82, 2.24) is 9.55 Å². The van der Waals surface area contributed by atoms with Crippen LogP contribution >= 0.6 is 8.17 Å². The number of aromatic nitrogens is 2. The first-order valence-corrected chi connectivity index (χ1v) is 7.23. The smallest absolute Gasteiger partial charge is 0.349 e. The van der Waals surface area contributed by atoms with Gasteiger partial charge in [-0.15, -0.1) is 4.52 Å². The highest BCUT2D eigenvalue weighted by atomic mass is 31.2. The van der Waals surface area contributed by atoms with Crippen molar-refractivity contribution >= 4 is 8.17 Å². The van der Waals surface area contributed by atoms with Crippen LogP contribution in [0.1, 0.15) is 12.6 Å². The average Bonchev–Trinajstić information content (AvgIpc) is 2.74. The molecule has 0 radical (unpaired) electrons. The van der Waals surface area contributed by atoms with Gasteiger partial charge in [-0.25, -0.2) is 4.79 Å². The van der Waals surface area contributed by atoms with Crippen LogP contribution in [0.5, 0.6) is 0 Å². The first-order valence-electron chi connectivity index (χ1n) is 5.69. The molecule has 11 heteroatoms. The van der Waals surface area contributed by atoms with Crippen LogP contribution in [-0.2, 0) is 13.8 Å². The van der Waals surface area contributed by atoms with Crippen molar-refractivity contribution in [3.8, 4) is 0 Å².